The summed E-state index contributed by atoms with van der Waals surface area (Å²) in [6, 6.07) is 8.18. The molecule has 0 spiro atoms. The number of thiophene rings is 1. The van der Waals surface area contributed by atoms with Crippen molar-refractivity contribution in [1.29, 1.82) is 0 Å². The fourth-order valence-corrected chi connectivity index (χ4v) is 2.41. The number of pyridine rings is 1. The second kappa shape index (κ2) is 7.65. The maximum atomic E-state index is 4.58. The summed E-state index contributed by atoms with van der Waals surface area (Å²) in [5.41, 5.74) is 2.19. The van der Waals surface area contributed by atoms with E-state index in [0.717, 1.165) is 24.7 Å². The number of aromatic nitrogens is 1. The fourth-order valence-electron chi connectivity index (χ4n) is 1.76. The zero-order valence-corrected chi connectivity index (χ0v) is 12.7. The lowest BCUT2D eigenvalue weighted by Crippen LogP contribution is -2.36. The second-order valence-electron chi connectivity index (χ2n) is 4.40. The summed E-state index contributed by atoms with van der Waals surface area (Å²) in [6.45, 7) is 6.35. The molecule has 0 aliphatic rings. The van der Waals surface area contributed by atoms with Crippen LogP contribution in [0.15, 0.2) is 40.8 Å². The Morgan fingerprint density at radius 2 is 2.20 bits per heavy atom. The topological polar surface area (TPSA) is 49.3 Å². The Balaban J connectivity index is 1.96. The van der Waals surface area contributed by atoms with Gasteiger partial charge in [-0.15, -0.1) is 11.3 Å². The average molecular weight is 288 g/mol. The van der Waals surface area contributed by atoms with Gasteiger partial charge in [0.1, 0.15) is 0 Å². The first kappa shape index (κ1) is 14.5. The third-order valence-corrected chi connectivity index (χ3v) is 3.74. The van der Waals surface area contributed by atoms with Crippen molar-refractivity contribution in [2.75, 3.05) is 6.54 Å². The lowest BCUT2D eigenvalue weighted by molar-refractivity contribution is 0.817. The minimum absolute atomic E-state index is 0.590. The molecular weight excluding hydrogens is 268 g/mol. The van der Waals surface area contributed by atoms with Gasteiger partial charge in [-0.3, -0.25) is 4.98 Å². The van der Waals surface area contributed by atoms with E-state index in [1.54, 1.807) is 11.3 Å². The van der Waals surface area contributed by atoms with Gasteiger partial charge in [-0.1, -0.05) is 12.1 Å². The molecule has 20 heavy (non-hydrogen) atoms. The maximum Gasteiger partial charge on any atom is 0.191 e. The van der Waals surface area contributed by atoms with Crippen LogP contribution >= 0.6 is 11.3 Å². The highest BCUT2D eigenvalue weighted by Gasteiger charge is 2.01. The van der Waals surface area contributed by atoms with Crippen LogP contribution in [0, 0.1) is 6.92 Å². The van der Waals surface area contributed by atoms with E-state index in [1.807, 2.05) is 12.3 Å². The highest BCUT2D eigenvalue weighted by Crippen LogP contribution is 2.07. The molecule has 2 rings (SSSR count). The van der Waals surface area contributed by atoms with Crippen LogP contribution in [-0.2, 0) is 13.1 Å². The standard InChI is InChI=1S/C15H20N4S/c1-3-16-15(18-10-13-7-5-9-20-13)19-11-14-12(2)6-4-8-17-14/h4-9H,3,10-11H2,1-2H3,(H2,16,18,19). The lowest BCUT2D eigenvalue weighted by atomic mass is 10.2. The van der Waals surface area contributed by atoms with Crippen molar-refractivity contribution in [3.05, 3.63) is 52.0 Å². The fraction of sp³-hybridized carbons (Fsp3) is 0.333. The van der Waals surface area contributed by atoms with E-state index in [4.69, 9.17) is 0 Å². The van der Waals surface area contributed by atoms with E-state index in [-0.39, 0.29) is 0 Å². The van der Waals surface area contributed by atoms with Gasteiger partial charge in [0.2, 0.25) is 0 Å². The third-order valence-electron chi connectivity index (χ3n) is 2.86. The summed E-state index contributed by atoms with van der Waals surface area (Å²) in [5, 5.41) is 8.67. The van der Waals surface area contributed by atoms with Crippen LogP contribution in [-0.4, -0.2) is 17.5 Å². The molecule has 106 valence electrons. The molecule has 0 saturated carbocycles. The van der Waals surface area contributed by atoms with E-state index in [2.05, 4.69) is 58.0 Å². The normalized spacial score (nSPS) is 11.4. The van der Waals surface area contributed by atoms with Crippen molar-refractivity contribution in [3.8, 4) is 0 Å². The minimum atomic E-state index is 0.590. The van der Waals surface area contributed by atoms with Gasteiger partial charge in [0, 0.05) is 17.6 Å². The van der Waals surface area contributed by atoms with Crippen molar-refractivity contribution >= 4 is 17.3 Å². The molecule has 0 saturated heterocycles. The van der Waals surface area contributed by atoms with Gasteiger partial charge in [-0.25, -0.2) is 4.99 Å². The number of rotatable bonds is 5. The molecule has 0 bridgehead atoms. The molecule has 0 radical (unpaired) electrons. The molecule has 0 aromatic carbocycles. The van der Waals surface area contributed by atoms with Crippen LogP contribution in [0.5, 0.6) is 0 Å². The molecule has 2 N–H and O–H groups in total. The quantitative estimate of drug-likeness (QED) is 0.657. The average Bonchev–Trinajstić information content (AvgIpc) is 2.97. The number of hydrogen-bond acceptors (Lipinski definition) is 3. The van der Waals surface area contributed by atoms with Crippen LogP contribution in [0.1, 0.15) is 23.1 Å². The number of nitrogens with zero attached hydrogens (tertiary/aromatic N) is 2. The van der Waals surface area contributed by atoms with Gasteiger partial charge in [-0.2, -0.15) is 0 Å². The summed E-state index contributed by atoms with van der Waals surface area (Å²) in [7, 11) is 0. The number of aliphatic imine (C=N–C) groups is 1. The predicted octanol–water partition coefficient (Wildman–Crippen LogP) is 2.71. The van der Waals surface area contributed by atoms with Crippen LogP contribution < -0.4 is 10.6 Å². The van der Waals surface area contributed by atoms with E-state index < -0.39 is 0 Å². The number of guanidine groups is 1. The molecule has 0 unspecified atom stereocenters. The first-order valence-electron chi connectivity index (χ1n) is 6.74. The van der Waals surface area contributed by atoms with Crippen LogP contribution in [0.3, 0.4) is 0 Å². The first-order valence-corrected chi connectivity index (χ1v) is 7.62. The van der Waals surface area contributed by atoms with Crippen molar-refractivity contribution in [2.24, 2.45) is 4.99 Å². The molecule has 2 heterocycles. The van der Waals surface area contributed by atoms with Crippen LogP contribution in [0.4, 0.5) is 0 Å². The Labute approximate surface area is 124 Å². The number of hydrogen-bond donors (Lipinski definition) is 2. The summed E-state index contributed by atoms with van der Waals surface area (Å²) < 4.78 is 0. The summed E-state index contributed by atoms with van der Waals surface area (Å²) >= 11 is 1.74. The molecular formula is C15H20N4S. The molecule has 0 fully saturated rings. The number of nitrogens with one attached hydrogen (secondary N) is 2. The first-order chi connectivity index (χ1) is 9.79. The van der Waals surface area contributed by atoms with Gasteiger partial charge in [-0.05, 0) is 36.9 Å². The van der Waals surface area contributed by atoms with Gasteiger partial charge < -0.3 is 10.6 Å². The highest BCUT2D eigenvalue weighted by molar-refractivity contribution is 7.09. The van der Waals surface area contributed by atoms with Gasteiger partial charge in [0.25, 0.3) is 0 Å². The summed E-state index contributed by atoms with van der Waals surface area (Å²) in [6.07, 6.45) is 1.81. The van der Waals surface area contributed by atoms with E-state index in [0.29, 0.717) is 6.54 Å². The van der Waals surface area contributed by atoms with Crippen molar-refractivity contribution < 1.29 is 0 Å². The zero-order chi connectivity index (χ0) is 14.2. The van der Waals surface area contributed by atoms with Crippen molar-refractivity contribution in [2.45, 2.75) is 26.9 Å². The Kier molecular flexibility index (Phi) is 5.55. The molecule has 2 aromatic rings. The van der Waals surface area contributed by atoms with Crippen molar-refractivity contribution in [1.82, 2.24) is 15.6 Å². The van der Waals surface area contributed by atoms with Crippen LogP contribution in [0.2, 0.25) is 0 Å². The highest BCUT2D eigenvalue weighted by atomic mass is 32.1. The summed E-state index contributed by atoms with van der Waals surface area (Å²) in [4.78, 5) is 10.2. The van der Waals surface area contributed by atoms with E-state index >= 15 is 0 Å². The summed E-state index contributed by atoms with van der Waals surface area (Å²) in [5.74, 6) is 0.825. The van der Waals surface area contributed by atoms with Crippen molar-refractivity contribution in [3.63, 3.8) is 0 Å². The Morgan fingerprint density at radius 1 is 1.30 bits per heavy atom. The molecule has 0 amide bonds. The molecule has 0 aliphatic carbocycles. The molecule has 0 aliphatic heterocycles. The third kappa shape index (κ3) is 4.35. The second-order valence-corrected chi connectivity index (χ2v) is 5.43. The maximum absolute atomic E-state index is 4.58. The largest absolute Gasteiger partial charge is 0.357 e. The molecule has 5 heteroatoms. The number of aryl methyl sites for hydroxylation is 1. The smallest absolute Gasteiger partial charge is 0.191 e. The lowest BCUT2D eigenvalue weighted by Gasteiger charge is -2.10. The van der Waals surface area contributed by atoms with Gasteiger partial charge in [0.05, 0.1) is 18.8 Å². The minimum Gasteiger partial charge on any atom is -0.357 e. The van der Waals surface area contributed by atoms with Crippen LogP contribution in [0.25, 0.3) is 0 Å². The SMILES string of the molecule is CCNC(=NCc1ncccc1C)NCc1cccs1. The Bertz CT molecular complexity index is 549. The monoisotopic (exact) mass is 288 g/mol. The van der Waals surface area contributed by atoms with Gasteiger partial charge in [0.15, 0.2) is 5.96 Å². The predicted molar refractivity (Wildman–Crippen MR) is 84.9 cm³/mol. The molecule has 4 nitrogen and oxygen atoms in total. The Morgan fingerprint density at radius 3 is 2.90 bits per heavy atom. The van der Waals surface area contributed by atoms with E-state index in [9.17, 15) is 0 Å². The zero-order valence-electron chi connectivity index (χ0n) is 11.9. The van der Waals surface area contributed by atoms with Gasteiger partial charge >= 0.3 is 0 Å². The molecule has 0 atom stereocenters. The molecule has 2 aromatic heterocycles. The van der Waals surface area contributed by atoms with E-state index in [1.165, 1.54) is 10.4 Å². The Hall–Kier alpha value is -1.88.